The third kappa shape index (κ3) is 7.59. The Morgan fingerprint density at radius 1 is 1.24 bits per heavy atom. The number of hydrogen-bond acceptors (Lipinski definition) is 3. The minimum absolute atomic E-state index is 0.0118. The fourth-order valence-electron chi connectivity index (χ4n) is 1.19. The van der Waals surface area contributed by atoms with Gasteiger partial charge < -0.3 is 9.64 Å². The standard InChI is InChI=1S/C10H16F3NO3/c1-3-14(7-5-9(16)17-2)8(15)4-6-10(11,12)13/h3-7H2,1-2H3. The zero-order valence-electron chi connectivity index (χ0n) is 9.84. The first-order valence-corrected chi connectivity index (χ1v) is 5.21. The lowest BCUT2D eigenvalue weighted by Crippen LogP contribution is -2.33. The molecule has 0 rings (SSSR count). The maximum Gasteiger partial charge on any atom is 0.389 e. The van der Waals surface area contributed by atoms with Crippen LogP contribution < -0.4 is 0 Å². The number of halogens is 3. The van der Waals surface area contributed by atoms with Crippen molar-refractivity contribution in [3.63, 3.8) is 0 Å². The first-order valence-electron chi connectivity index (χ1n) is 5.21. The lowest BCUT2D eigenvalue weighted by atomic mass is 10.2. The van der Waals surface area contributed by atoms with Crippen molar-refractivity contribution in [2.45, 2.75) is 32.4 Å². The summed E-state index contributed by atoms with van der Waals surface area (Å²) in [6, 6.07) is 0. The topological polar surface area (TPSA) is 46.6 Å². The zero-order chi connectivity index (χ0) is 13.5. The molecule has 0 spiro atoms. The Balaban J connectivity index is 4.08. The van der Waals surface area contributed by atoms with E-state index in [9.17, 15) is 22.8 Å². The van der Waals surface area contributed by atoms with Gasteiger partial charge in [0.1, 0.15) is 0 Å². The molecule has 0 unspecified atom stereocenters. The summed E-state index contributed by atoms with van der Waals surface area (Å²) in [5.41, 5.74) is 0. The Bertz CT molecular complexity index is 266. The molecule has 17 heavy (non-hydrogen) atoms. The van der Waals surface area contributed by atoms with Gasteiger partial charge in [-0.15, -0.1) is 0 Å². The number of amides is 1. The van der Waals surface area contributed by atoms with Crippen LogP contribution >= 0.6 is 0 Å². The molecule has 0 aromatic rings. The monoisotopic (exact) mass is 255 g/mol. The van der Waals surface area contributed by atoms with Gasteiger partial charge in [-0.1, -0.05) is 0 Å². The van der Waals surface area contributed by atoms with Crippen LogP contribution in [0.15, 0.2) is 0 Å². The summed E-state index contributed by atoms with van der Waals surface area (Å²) in [6.45, 7) is 2.00. The minimum Gasteiger partial charge on any atom is -0.469 e. The molecule has 7 heteroatoms. The van der Waals surface area contributed by atoms with E-state index in [2.05, 4.69) is 4.74 Å². The number of esters is 1. The minimum atomic E-state index is -4.34. The van der Waals surface area contributed by atoms with Gasteiger partial charge >= 0.3 is 12.1 Å². The molecule has 0 aliphatic heterocycles. The van der Waals surface area contributed by atoms with E-state index in [-0.39, 0.29) is 19.5 Å². The molecule has 0 heterocycles. The van der Waals surface area contributed by atoms with Gasteiger partial charge in [-0.2, -0.15) is 13.2 Å². The summed E-state index contributed by atoms with van der Waals surface area (Å²) < 4.78 is 40.1. The summed E-state index contributed by atoms with van der Waals surface area (Å²) in [6.07, 6.45) is -6.07. The lowest BCUT2D eigenvalue weighted by molar-refractivity contribution is -0.150. The van der Waals surface area contributed by atoms with Crippen LogP contribution in [-0.4, -0.2) is 43.2 Å². The van der Waals surface area contributed by atoms with E-state index >= 15 is 0 Å². The van der Waals surface area contributed by atoms with Crippen LogP contribution in [-0.2, 0) is 14.3 Å². The summed E-state index contributed by atoms with van der Waals surface area (Å²) in [7, 11) is 1.21. The van der Waals surface area contributed by atoms with Gasteiger partial charge in [0.05, 0.1) is 20.0 Å². The molecule has 0 bridgehead atoms. The van der Waals surface area contributed by atoms with Crippen LogP contribution in [0.3, 0.4) is 0 Å². The highest BCUT2D eigenvalue weighted by Crippen LogP contribution is 2.21. The smallest absolute Gasteiger partial charge is 0.389 e. The van der Waals surface area contributed by atoms with E-state index in [1.165, 1.54) is 12.0 Å². The second-order valence-corrected chi connectivity index (χ2v) is 3.41. The summed E-state index contributed by atoms with van der Waals surface area (Å²) in [5, 5.41) is 0. The van der Waals surface area contributed by atoms with E-state index in [4.69, 9.17) is 0 Å². The third-order valence-corrected chi connectivity index (χ3v) is 2.17. The van der Waals surface area contributed by atoms with Gasteiger partial charge in [0, 0.05) is 19.5 Å². The SMILES string of the molecule is CCN(CCC(=O)OC)C(=O)CCC(F)(F)F. The Hall–Kier alpha value is -1.27. The number of hydrogen-bond donors (Lipinski definition) is 0. The normalized spacial score (nSPS) is 11.1. The zero-order valence-corrected chi connectivity index (χ0v) is 9.84. The largest absolute Gasteiger partial charge is 0.469 e. The van der Waals surface area contributed by atoms with Crippen molar-refractivity contribution in [1.29, 1.82) is 0 Å². The highest BCUT2D eigenvalue weighted by molar-refractivity contribution is 5.77. The van der Waals surface area contributed by atoms with Crippen molar-refractivity contribution in [3.05, 3.63) is 0 Å². The van der Waals surface area contributed by atoms with Crippen molar-refractivity contribution >= 4 is 11.9 Å². The van der Waals surface area contributed by atoms with Crippen molar-refractivity contribution in [1.82, 2.24) is 4.90 Å². The Morgan fingerprint density at radius 2 is 1.82 bits per heavy atom. The number of carbonyl (C=O) groups excluding carboxylic acids is 2. The first-order chi connectivity index (χ1) is 7.80. The average molecular weight is 255 g/mol. The van der Waals surface area contributed by atoms with E-state index in [1.54, 1.807) is 6.92 Å². The van der Waals surface area contributed by atoms with Crippen molar-refractivity contribution in [2.24, 2.45) is 0 Å². The highest BCUT2D eigenvalue weighted by Gasteiger charge is 2.29. The number of ether oxygens (including phenoxy) is 1. The van der Waals surface area contributed by atoms with Gasteiger partial charge in [-0.3, -0.25) is 9.59 Å². The van der Waals surface area contributed by atoms with Gasteiger partial charge in [0.15, 0.2) is 0 Å². The maximum atomic E-state index is 11.9. The summed E-state index contributed by atoms with van der Waals surface area (Å²) >= 11 is 0. The molecule has 0 aliphatic carbocycles. The number of carbonyl (C=O) groups is 2. The third-order valence-electron chi connectivity index (χ3n) is 2.17. The molecule has 100 valence electrons. The molecule has 0 aromatic carbocycles. The highest BCUT2D eigenvalue weighted by atomic mass is 19.4. The van der Waals surface area contributed by atoms with Crippen molar-refractivity contribution in [2.75, 3.05) is 20.2 Å². The molecule has 0 saturated heterocycles. The molecule has 0 saturated carbocycles. The van der Waals surface area contributed by atoms with Gasteiger partial charge in [-0.05, 0) is 6.92 Å². The molecule has 0 radical (unpaired) electrons. The Labute approximate surface area is 97.7 Å². The van der Waals surface area contributed by atoms with Gasteiger partial charge in [0.25, 0.3) is 0 Å². The lowest BCUT2D eigenvalue weighted by Gasteiger charge is -2.20. The molecule has 4 nitrogen and oxygen atoms in total. The van der Waals surface area contributed by atoms with E-state index in [0.717, 1.165) is 0 Å². The van der Waals surface area contributed by atoms with Crippen LogP contribution in [0.4, 0.5) is 13.2 Å². The molecule has 0 atom stereocenters. The Kier molecular flexibility index (Phi) is 6.60. The predicted molar refractivity (Wildman–Crippen MR) is 54.2 cm³/mol. The maximum absolute atomic E-state index is 11.9. The van der Waals surface area contributed by atoms with E-state index in [1.807, 2.05) is 0 Å². The van der Waals surface area contributed by atoms with Crippen LogP contribution in [0.25, 0.3) is 0 Å². The molecular weight excluding hydrogens is 239 g/mol. The number of methoxy groups -OCH3 is 1. The van der Waals surface area contributed by atoms with Gasteiger partial charge in [0.2, 0.25) is 5.91 Å². The van der Waals surface area contributed by atoms with E-state index < -0.39 is 30.9 Å². The summed E-state index contributed by atoms with van der Waals surface area (Å²) in [5.74, 6) is -1.10. The quantitative estimate of drug-likeness (QED) is 0.679. The second-order valence-electron chi connectivity index (χ2n) is 3.41. The molecule has 0 N–H and O–H groups in total. The summed E-state index contributed by atoms with van der Waals surface area (Å²) in [4.78, 5) is 23.4. The molecule has 0 aliphatic rings. The fourth-order valence-corrected chi connectivity index (χ4v) is 1.19. The van der Waals surface area contributed by atoms with Gasteiger partial charge in [-0.25, -0.2) is 0 Å². The fraction of sp³-hybridized carbons (Fsp3) is 0.800. The van der Waals surface area contributed by atoms with E-state index in [0.29, 0.717) is 0 Å². The first kappa shape index (κ1) is 15.7. The second kappa shape index (κ2) is 7.13. The molecule has 0 fully saturated rings. The number of rotatable bonds is 6. The Morgan fingerprint density at radius 3 is 2.24 bits per heavy atom. The predicted octanol–water partition coefficient (Wildman–Crippen LogP) is 1.74. The molecule has 1 amide bonds. The van der Waals surface area contributed by atoms with Crippen molar-refractivity contribution in [3.8, 4) is 0 Å². The molecule has 0 aromatic heterocycles. The van der Waals surface area contributed by atoms with Crippen LogP contribution in [0.5, 0.6) is 0 Å². The van der Waals surface area contributed by atoms with Crippen LogP contribution in [0.1, 0.15) is 26.2 Å². The number of nitrogens with zero attached hydrogens (tertiary/aromatic N) is 1. The molecular formula is C10H16F3NO3. The van der Waals surface area contributed by atoms with Crippen molar-refractivity contribution < 1.29 is 27.5 Å². The number of alkyl halides is 3. The average Bonchev–Trinajstić information content (AvgIpc) is 2.25. The van der Waals surface area contributed by atoms with Crippen LogP contribution in [0.2, 0.25) is 0 Å². The van der Waals surface area contributed by atoms with Crippen LogP contribution in [0, 0.1) is 0 Å².